The summed E-state index contributed by atoms with van der Waals surface area (Å²) in [5, 5.41) is 3.32. The van der Waals surface area contributed by atoms with Crippen molar-refractivity contribution in [2.24, 2.45) is 4.99 Å². The number of hydrogen-bond acceptors (Lipinski definition) is 5. The van der Waals surface area contributed by atoms with Gasteiger partial charge in [0.1, 0.15) is 6.10 Å². The van der Waals surface area contributed by atoms with Gasteiger partial charge in [0.15, 0.2) is 15.8 Å². The number of sulfone groups is 1. The smallest absolute Gasteiger partial charge is 0.194 e. The van der Waals surface area contributed by atoms with Crippen LogP contribution in [0.15, 0.2) is 40.2 Å². The van der Waals surface area contributed by atoms with E-state index in [0.717, 1.165) is 45.0 Å². The first-order chi connectivity index (χ1) is 13.6. The molecule has 2 heterocycles. The van der Waals surface area contributed by atoms with Gasteiger partial charge in [-0.2, -0.15) is 0 Å². The van der Waals surface area contributed by atoms with Crippen molar-refractivity contribution >= 4 is 39.8 Å². The van der Waals surface area contributed by atoms with Crippen LogP contribution in [0.5, 0.6) is 0 Å². The number of benzene rings is 1. The van der Waals surface area contributed by atoms with E-state index in [0.29, 0.717) is 24.5 Å². The third kappa shape index (κ3) is 7.08. The van der Waals surface area contributed by atoms with Gasteiger partial charge >= 0.3 is 0 Å². The van der Waals surface area contributed by atoms with Gasteiger partial charge in [-0.05, 0) is 38.3 Å². The number of hydrogen-bond donors (Lipinski definition) is 1. The molecule has 0 bridgehead atoms. The Kier molecular flexibility index (Phi) is 10.1. The van der Waals surface area contributed by atoms with Crippen molar-refractivity contribution < 1.29 is 17.9 Å². The largest absolute Gasteiger partial charge is 0.375 e. The second-order valence-corrected chi connectivity index (χ2v) is 9.24. The molecule has 29 heavy (non-hydrogen) atoms. The molecule has 9 heteroatoms. The summed E-state index contributed by atoms with van der Waals surface area (Å²) in [5.41, 5.74) is 0. The average Bonchev–Trinajstić information content (AvgIpc) is 3.26. The monoisotopic (exact) mass is 537 g/mol. The number of morpholine rings is 1. The highest BCUT2D eigenvalue weighted by molar-refractivity contribution is 14.0. The van der Waals surface area contributed by atoms with Gasteiger partial charge in [0.25, 0.3) is 0 Å². The Morgan fingerprint density at radius 1 is 1.21 bits per heavy atom. The fraction of sp³-hybridized carbons (Fsp3) is 0.650. The van der Waals surface area contributed by atoms with Crippen LogP contribution >= 0.6 is 24.0 Å². The lowest BCUT2D eigenvalue weighted by molar-refractivity contribution is -0.0817. The van der Waals surface area contributed by atoms with Crippen LogP contribution in [0, 0.1) is 0 Å². The van der Waals surface area contributed by atoms with Gasteiger partial charge in [-0.1, -0.05) is 18.2 Å². The van der Waals surface area contributed by atoms with E-state index in [-0.39, 0.29) is 41.9 Å². The zero-order valence-corrected chi connectivity index (χ0v) is 20.1. The minimum absolute atomic E-state index is 0. The molecule has 2 aliphatic rings. The molecule has 0 aliphatic carbocycles. The summed E-state index contributed by atoms with van der Waals surface area (Å²) < 4.78 is 36.5. The normalized spacial score (nSPS) is 22.9. The predicted molar refractivity (Wildman–Crippen MR) is 125 cm³/mol. The third-order valence-electron chi connectivity index (χ3n) is 5.04. The number of nitrogens with one attached hydrogen (secondary N) is 1. The molecule has 1 aromatic carbocycles. The summed E-state index contributed by atoms with van der Waals surface area (Å²) >= 11 is 0. The summed E-state index contributed by atoms with van der Waals surface area (Å²) in [6, 6.07) is 8.59. The topological polar surface area (TPSA) is 80.2 Å². The van der Waals surface area contributed by atoms with Gasteiger partial charge in [-0.3, -0.25) is 4.99 Å². The second kappa shape index (κ2) is 12.1. The van der Waals surface area contributed by atoms with E-state index in [4.69, 9.17) is 9.47 Å². The molecule has 0 radical (unpaired) electrons. The molecular formula is C20H32IN3O4S. The Labute approximate surface area is 191 Å². The Morgan fingerprint density at radius 3 is 2.66 bits per heavy atom. The van der Waals surface area contributed by atoms with E-state index < -0.39 is 9.84 Å². The number of guanidine groups is 1. The summed E-state index contributed by atoms with van der Waals surface area (Å²) in [5.74, 6) is 0.924. The molecule has 2 fully saturated rings. The highest BCUT2D eigenvalue weighted by atomic mass is 127. The zero-order chi connectivity index (χ0) is 19.8. The molecular weight excluding hydrogens is 505 g/mol. The lowest BCUT2D eigenvalue weighted by Gasteiger charge is -2.37. The van der Waals surface area contributed by atoms with E-state index in [1.165, 1.54) is 0 Å². The lowest BCUT2D eigenvalue weighted by atomic mass is 10.1. The Hall–Kier alpha value is -0.910. The third-order valence-corrected chi connectivity index (χ3v) is 6.86. The predicted octanol–water partition coefficient (Wildman–Crippen LogP) is 2.31. The minimum Gasteiger partial charge on any atom is -0.375 e. The number of aliphatic imine (C=N–C) groups is 1. The number of rotatable bonds is 7. The molecule has 2 atom stereocenters. The molecule has 2 unspecified atom stereocenters. The maximum atomic E-state index is 12.4. The fourth-order valence-corrected chi connectivity index (χ4v) is 4.92. The van der Waals surface area contributed by atoms with Crippen LogP contribution in [0.2, 0.25) is 0 Å². The average molecular weight is 537 g/mol. The van der Waals surface area contributed by atoms with Crippen molar-refractivity contribution in [1.82, 2.24) is 10.2 Å². The molecule has 0 saturated carbocycles. The van der Waals surface area contributed by atoms with Crippen molar-refractivity contribution in [2.75, 3.05) is 45.1 Å². The van der Waals surface area contributed by atoms with Gasteiger partial charge in [0.2, 0.25) is 0 Å². The molecule has 2 aliphatic heterocycles. The van der Waals surface area contributed by atoms with E-state index in [9.17, 15) is 8.42 Å². The van der Waals surface area contributed by atoms with Gasteiger partial charge in [0, 0.05) is 32.8 Å². The van der Waals surface area contributed by atoms with E-state index in [2.05, 4.69) is 15.2 Å². The number of halogens is 1. The van der Waals surface area contributed by atoms with Crippen LogP contribution in [0.4, 0.5) is 0 Å². The van der Waals surface area contributed by atoms with Crippen LogP contribution in [0.25, 0.3) is 0 Å². The van der Waals surface area contributed by atoms with Crippen LogP contribution in [-0.4, -0.2) is 76.6 Å². The first-order valence-corrected chi connectivity index (χ1v) is 11.8. The first-order valence-electron chi connectivity index (χ1n) is 10.1. The van der Waals surface area contributed by atoms with Crippen LogP contribution in [0.3, 0.4) is 0 Å². The van der Waals surface area contributed by atoms with Crippen LogP contribution in [-0.2, 0) is 19.3 Å². The van der Waals surface area contributed by atoms with E-state index >= 15 is 0 Å². The van der Waals surface area contributed by atoms with Crippen molar-refractivity contribution in [3.8, 4) is 0 Å². The van der Waals surface area contributed by atoms with Crippen molar-refractivity contribution in [1.29, 1.82) is 0 Å². The quantitative estimate of drug-likeness (QED) is 0.249. The highest BCUT2D eigenvalue weighted by Gasteiger charge is 2.32. The van der Waals surface area contributed by atoms with E-state index in [1.54, 1.807) is 24.3 Å². The molecule has 3 rings (SSSR count). The van der Waals surface area contributed by atoms with Crippen LogP contribution in [0.1, 0.15) is 26.2 Å². The molecule has 164 valence electrons. The minimum atomic E-state index is -3.26. The Balaban J connectivity index is 0.00000300. The number of ether oxygens (including phenoxy) is 2. The molecule has 0 aromatic heterocycles. The summed E-state index contributed by atoms with van der Waals surface area (Å²) in [7, 11) is -3.26. The van der Waals surface area contributed by atoms with Gasteiger partial charge in [0.05, 0.1) is 23.4 Å². The van der Waals surface area contributed by atoms with Crippen molar-refractivity contribution in [2.45, 2.75) is 43.3 Å². The maximum Gasteiger partial charge on any atom is 0.194 e. The Bertz CT molecular complexity index is 739. The summed E-state index contributed by atoms with van der Waals surface area (Å²) in [6.07, 6.45) is 2.87. The first kappa shape index (κ1) is 24.4. The van der Waals surface area contributed by atoms with Crippen LogP contribution < -0.4 is 5.32 Å². The zero-order valence-electron chi connectivity index (χ0n) is 17.0. The summed E-state index contributed by atoms with van der Waals surface area (Å²) in [6.45, 7) is 6.26. The molecule has 1 N–H and O–H groups in total. The number of nitrogens with zero attached hydrogens (tertiary/aromatic N) is 2. The molecule has 2 saturated heterocycles. The molecule has 1 aromatic rings. The highest BCUT2D eigenvalue weighted by Crippen LogP contribution is 2.21. The SMILES string of the molecule is CCNC(=NCCCS(=O)(=O)c1ccccc1)N1CCOC(C2CCCO2)C1.I. The van der Waals surface area contributed by atoms with E-state index in [1.807, 2.05) is 13.0 Å². The standard InChI is InChI=1S/C20H31N3O4S.HI/c1-2-21-20(23-12-14-27-19(16-23)18-10-6-13-26-18)22-11-7-15-28(24,25)17-8-4-3-5-9-17;/h3-5,8-9,18-19H,2,6-7,10-16H2,1H3,(H,21,22);1H. The maximum absolute atomic E-state index is 12.4. The molecule has 0 spiro atoms. The van der Waals surface area contributed by atoms with Gasteiger partial charge < -0.3 is 19.7 Å². The van der Waals surface area contributed by atoms with Crippen molar-refractivity contribution in [3.63, 3.8) is 0 Å². The van der Waals surface area contributed by atoms with Crippen molar-refractivity contribution in [3.05, 3.63) is 30.3 Å². The molecule has 0 amide bonds. The summed E-state index contributed by atoms with van der Waals surface area (Å²) in [4.78, 5) is 7.24. The fourth-order valence-electron chi connectivity index (χ4n) is 3.60. The van der Waals surface area contributed by atoms with Gasteiger partial charge in [-0.25, -0.2) is 8.42 Å². The molecule has 7 nitrogen and oxygen atoms in total. The van der Waals surface area contributed by atoms with Gasteiger partial charge in [-0.15, -0.1) is 24.0 Å². The lowest BCUT2D eigenvalue weighted by Crippen LogP contribution is -2.53. The Morgan fingerprint density at radius 2 is 1.97 bits per heavy atom. The second-order valence-electron chi connectivity index (χ2n) is 7.13.